The van der Waals surface area contributed by atoms with Crippen molar-refractivity contribution in [3.63, 3.8) is 0 Å². The van der Waals surface area contributed by atoms with E-state index in [1.165, 1.54) is 10.5 Å². The van der Waals surface area contributed by atoms with Crippen molar-refractivity contribution < 1.29 is 0 Å². The number of aryl methyl sites for hydroxylation is 1. The van der Waals surface area contributed by atoms with Crippen LogP contribution >= 0.6 is 11.8 Å². The summed E-state index contributed by atoms with van der Waals surface area (Å²) < 4.78 is 0. The highest BCUT2D eigenvalue weighted by molar-refractivity contribution is 7.99. The summed E-state index contributed by atoms with van der Waals surface area (Å²) >= 11 is 1.90. The van der Waals surface area contributed by atoms with Crippen molar-refractivity contribution >= 4 is 11.8 Å². The number of rotatable bonds is 4. The molecule has 0 bridgehead atoms. The van der Waals surface area contributed by atoms with Crippen LogP contribution in [0, 0.1) is 6.92 Å². The largest absolute Gasteiger partial charge is 0.316 e. The quantitative estimate of drug-likeness (QED) is 0.741. The highest BCUT2D eigenvalue weighted by Gasteiger charge is 1.99. The Morgan fingerprint density at radius 1 is 1.46 bits per heavy atom. The molecule has 0 fully saturated rings. The fourth-order valence-electron chi connectivity index (χ4n) is 1.01. The molecule has 1 rings (SSSR count). The first kappa shape index (κ1) is 10.6. The molecule has 1 aromatic rings. The summed E-state index contributed by atoms with van der Waals surface area (Å²) in [6, 6.07) is 9.21. The molecule has 1 unspecified atom stereocenters. The SMILES string of the molecule is CNC(C)CSc1cccc(C)c1. The van der Waals surface area contributed by atoms with Gasteiger partial charge in [0.2, 0.25) is 0 Å². The molecule has 0 aromatic heterocycles. The van der Waals surface area contributed by atoms with Crippen molar-refractivity contribution in [1.82, 2.24) is 5.32 Å². The lowest BCUT2D eigenvalue weighted by molar-refractivity contribution is 0.677. The van der Waals surface area contributed by atoms with E-state index in [1.54, 1.807) is 0 Å². The number of nitrogens with one attached hydrogen (secondary N) is 1. The van der Waals surface area contributed by atoms with Gasteiger partial charge in [-0.3, -0.25) is 0 Å². The van der Waals surface area contributed by atoms with Crippen molar-refractivity contribution in [2.24, 2.45) is 0 Å². The zero-order valence-electron chi connectivity index (χ0n) is 8.50. The molecule has 0 spiro atoms. The standard InChI is InChI=1S/C11H17NS/c1-9-5-4-6-11(7-9)13-8-10(2)12-3/h4-7,10,12H,8H2,1-3H3. The maximum Gasteiger partial charge on any atom is 0.0132 e. The minimum Gasteiger partial charge on any atom is -0.316 e. The number of thioether (sulfide) groups is 1. The summed E-state index contributed by atoms with van der Waals surface area (Å²) in [5.41, 5.74) is 1.34. The molecule has 1 aromatic carbocycles. The van der Waals surface area contributed by atoms with Gasteiger partial charge in [0.25, 0.3) is 0 Å². The monoisotopic (exact) mass is 195 g/mol. The lowest BCUT2D eigenvalue weighted by Gasteiger charge is -2.09. The van der Waals surface area contributed by atoms with E-state index < -0.39 is 0 Å². The van der Waals surface area contributed by atoms with Gasteiger partial charge >= 0.3 is 0 Å². The first-order valence-corrected chi connectivity index (χ1v) is 5.57. The van der Waals surface area contributed by atoms with Crippen LogP contribution in [-0.2, 0) is 0 Å². The van der Waals surface area contributed by atoms with Crippen LogP contribution < -0.4 is 5.32 Å². The van der Waals surface area contributed by atoms with Gasteiger partial charge in [-0.15, -0.1) is 11.8 Å². The minimum absolute atomic E-state index is 0.575. The molecule has 2 heteroatoms. The molecule has 13 heavy (non-hydrogen) atoms. The third-order valence-corrected chi connectivity index (χ3v) is 3.24. The second-order valence-corrected chi connectivity index (χ2v) is 4.41. The van der Waals surface area contributed by atoms with Gasteiger partial charge in [0.15, 0.2) is 0 Å². The van der Waals surface area contributed by atoms with Crippen molar-refractivity contribution in [3.05, 3.63) is 29.8 Å². The molecule has 1 atom stereocenters. The van der Waals surface area contributed by atoms with E-state index in [2.05, 4.69) is 43.4 Å². The molecule has 0 heterocycles. The second kappa shape index (κ2) is 5.30. The molecule has 0 aliphatic carbocycles. The third-order valence-electron chi connectivity index (χ3n) is 1.98. The Morgan fingerprint density at radius 3 is 2.85 bits per heavy atom. The molecule has 0 saturated carbocycles. The minimum atomic E-state index is 0.575. The average Bonchev–Trinajstić information content (AvgIpc) is 2.14. The van der Waals surface area contributed by atoms with Gasteiger partial charge in [0, 0.05) is 16.7 Å². The highest BCUT2D eigenvalue weighted by Crippen LogP contribution is 2.19. The summed E-state index contributed by atoms with van der Waals surface area (Å²) in [5, 5.41) is 3.23. The maximum atomic E-state index is 3.23. The van der Waals surface area contributed by atoms with Gasteiger partial charge in [-0.25, -0.2) is 0 Å². The average molecular weight is 195 g/mol. The molecule has 0 amide bonds. The van der Waals surface area contributed by atoms with Gasteiger partial charge in [0.1, 0.15) is 0 Å². The Hall–Kier alpha value is -0.470. The number of hydrogen-bond acceptors (Lipinski definition) is 2. The lowest BCUT2D eigenvalue weighted by atomic mass is 10.2. The molecule has 72 valence electrons. The summed E-state index contributed by atoms with van der Waals surface area (Å²) in [5.74, 6) is 1.12. The van der Waals surface area contributed by atoms with E-state index in [-0.39, 0.29) is 0 Å². The lowest BCUT2D eigenvalue weighted by Crippen LogP contribution is -2.23. The predicted molar refractivity (Wildman–Crippen MR) is 60.4 cm³/mol. The van der Waals surface area contributed by atoms with Crippen molar-refractivity contribution in [3.8, 4) is 0 Å². The van der Waals surface area contributed by atoms with Crippen LogP contribution in [0.15, 0.2) is 29.2 Å². The van der Waals surface area contributed by atoms with E-state index in [0.717, 1.165) is 5.75 Å². The molecule has 0 saturated heterocycles. The zero-order chi connectivity index (χ0) is 9.68. The topological polar surface area (TPSA) is 12.0 Å². The molecule has 1 nitrogen and oxygen atoms in total. The Bertz CT molecular complexity index is 260. The van der Waals surface area contributed by atoms with Crippen LogP contribution in [0.25, 0.3) is 0 Å². The first-order valence-electron chi connectivity index (χ1n) is 4.59. The molecule has 0 aliphatic rings. The van der Waals surface area contributed by atoms with Crippen LogP contribution in [-0.4, -0.2) is 18.8 Å². The van der Waals surface area contributed by atoms with E-state index >= 15 is 0 Å². The molecule has 1 N–H and O–H groups in total. The fourth-order valence-corrected chi connectivity index (χ4v) is 2.06. The fraction of sp³-hybridized carbons (Fsp3) is 0.455. The van der Waals surface area contributed by atoms with Gasteiger partial charge in [0.05, 0.1) is 0 Å². The normalized spacial score (nSPS) is 12.8. The smallest absolute Gasteiger partial charge is 0.0132 e. The van der Waals surface area contributed by atoms with Crippen LogP contribution in [0.5, 0.6) is 0 Å². The summed E-state index contributed by atoms with van der Waals surface area (Å²) in [6.45, 7) is 4.33. The van der Waals surface area contributed by atoms with Gasteiger partial charge in [-0.2, -0.15) is 0 Å². The van der Waals surface area contributed by atoms with Gasteiger partial charge in [-0.1, -0.05) is 17.7 Å². The second-order valence-electron chi connectivity index (χ2n) is 3.32. The molecule has 0 radical (unpaired) electrons. The number of hydrogen-bond donors (Lipinski definition) is 1. The molecular formula is C11H17NS. The van der Waals surface area contributed by atoms with Gasteiger partial charge in [-0.05, 0) is 33.0 Å². The van der Waals surface area contributed by atoms with E-state index in [4.69, 9.17) is 0 Å². The van der Waals surface area contributed by atoms with Gasteiger partial charge < -0.3 is 5.32 Å². The van der Waals surface area contributed by atoms with Crippen molar-refractivity contribution in [2.45, 2.75) is 24.8 Å². The van der Waals surface area contributed by atoms with Crippen LogP contribution in [0.2, 0.25) is 0 Å². The Kier molecular flexibility index (Phi) is 4.33. The van der Waals surface area contributed by atoms with Crippen molar-refractivity contribution in [1.29, 1.82) is 0 Å². The first-order chi connectivity index (χ1) is 6.22. The Labute approximate surface area is 84.9 Å². The predicted octanol–water partition coefficient (Wildman–Crippen LogP) is 2.70. The van der Waals surface area contributed by atoms with E-state index in [0.29, 0.717) is 6.04 Å². The van der Waals surface area contributed by atoms with Crippen LogP contribution in [0.3, 0.4) is 0 Å². The van der Waals surface area contributed by atoms with Crippen LogP contribution in [0.4, 0.5) is 0 Å². The van der Waals surface area contributed by atoms with E-state index in [9.17, 15) is 0 Å². The Balaban J connectivity index is 2.45. The maximum absolute atomic E-state index is 3.23. The summed E-state index contributed by atoms with van der Waals surface area (Å²) in [4.78, 5) is 1.36. The summed E-state index contributed by atoms with van der Waals surface area (Å²) in [6.07, 6.45) is 0. The van der Waals surface area contributed by atoms with Crippen molar-refractivity contribution in [2.75, 3.05) is 12.8 Å². The van der Waals surface area contributed by atoms with E-state index in [1.807, 2.05) is 18.8 Å². The molecule has 0 aliphatic heterocycles. The third kappa shape index (κ3) is 3.83. The summed E-state index contributed by atoms with van der Waals surface area (Å²) in [7, 11) is 2.00. The Morgan fingerprint density at radius 2 is 2.23 bits per heavy atom. The van der Waals surface area contributed by atoms with Crippen LogP contribution in [0.1, 0.15) is 12.5 Å². The number of benzene rings is 1. The highest BCUT2D eigenvalue weighted by atomic mass is 32.2. The zero-order valence-corrected chi connectivity index (χ0v) is 9.32. The molecular weight excluding hydrogens is 178 g/mol.